The summed E-state index contributed by atoms with van der Waals surface area (Å²) in [6, 6.07) is 13.4. The molecule has 0 fully saturated rings. The average Bonchev–Trinajstić information content (AvgIpc) is 2.51. The molecule has 21 heavy (non-hydrogen) atoms. The predicted molar refractivity (Wildman–Crippen MR) is 82.3 cm³/mol. The Labute approximate surface area is 127 Å². The zero-order chi connectivity index (χ0) is 15.0. The van der Waals surface area contributed by atoms with Crippen LogP contribution in [0.2, 0.25) is 0 Å². The largest absolute Gasteiger partial charge is 0.479 e. The van der Waals surface area contributed by atoms with Crippen LogP contribution in [-0.4, -0.2) is 22.7 Å². The SMILES string of the molecule is CCN1c2ccccc2Sc2cc([C@@H](O)C(=O)O)ccc21. The van der Waals surface area contributed by atoms with E-state index in [0.29, 0.717) is 5.56 Å². The first kappa shape index (κ1) is 14.0. The summed E-state index contributed by atoms with van der Waals surface area (Å²) in [6.07, 6.45) is -1.48. The summed E-state index contributed by atoms with van der Waals surface area (Å²) in [6.45, 7) is 2.90. The Morgan fingerprint density at radius 1 is 1.19 bits per heavy atom. The Kier molecular flexibility index (Phi) is 3.61. The van der Waals surface area contributed by atoms with Crippen molar-refractivity contribution in [2.75, 3.05) is 11.4 Å². The number of para-hydroxylation sites is 1. The van der Waals surface area contributed by atoms with Gasteiger partial charge in [0.1, 0.15) is 0 Å². The van der Waals surface area contributed by atoms with E-state index in [4.69, 9.17) is 5.11 Å². The standard InChI is InChI=1S/C16H15NO3S/c1-2-17-11-5-3-4-6-13(11)21-14-9-10(7-8-12(14)17)15(18)16(19)20/h3-9,15,18H,2H2,1H3,(H,19,20)/t15-/m1/s1. The highest BCUT2D eigenvalue weighted by atomic mass is 32.2. The molecule has 1 heterocycles. The van der Waals surface area contributed by atoms with Gasteiger partial charge >= 0.3 is 5.97 Å². The van der Waals surface area contributed by atoms with E-state index >= 15 is 0 Å². The minimum absolute atomic E-state index is 0.407. The third-order valence-electron chi connectivity index (χ3n) is 3.52. The second-order valence-corrected chi connectivity index (χ2v) is 5.87. The molecule has 1 aliphatic heterocycles. The van der Waals surface area contributed by atoms with E-state index in [-0.39, 0.29) is 0 Å². The lowest BCUT2D eigenvalue weighted by atomic mass is 10.1. The first-order valence-electron chi connectivity index (χ1n) is 6.71. The van der Waals surface area contributed by atoms with Crippen LogP contribution in [0.5, 0.6) is 0 Å². The van der Waals surface area contributed by atoms with Crippen LogP contribution in [0.15, 0.2) is 52.3 Å². The lowest BCUT2D eigenvalue weighted by Crippen LogP contribution is -2.20. The second kappa shape index (κ2) is 5.42. The maximum absolute atomic E-state index is 10.9. The van der Waals surface area contributed by atoms with Crippen LogP contribution in [-0.2, 0) is 4.79 Å². The van der Waals surface area contributed by atoms with Gasteiger partial charge in [-0.05, 0) is 36.8 Å². The summed E-state index contributed by atoms with van der Waals surface area (Å²) >= 11 is 1.60. The van der Waals surface area contributed by atoms with Crippen LogP contribution in [0.3, 0.4) is 0 Å². The van der Waals surface area contributed by atoms with Gasteiger partial charge in [-0.2, -0.15) is 0 Å². The molecule has 0 amide bonds. The van der Waals surface area contributed by atoms with Crippen molar-refractivity contribution in [1.29, 1.82) is 0 Å². The number of fused-ring (bicyclic) bond motifs is 2. The number of aliphatic hydroxyl groups is 1. The average molecular weight is 301 g/mol. The van der Waals surface area contributed by atoms with E-state index in [2.05, 4.69) is 17.9 Å². The molecule has 0 saturated heterocycles. The van der Waals surface area contributed by atoms with Gasteiger partial charge in [0.25, 0.3) is 0 Å². The summed E-state index contributed by atoms with van der Waals surface area (Å²) in [5.74, 6) is -1.23. The number of rotatable bonds is 3. The molecule has 2 aromatic rings. The molecular weight excluding hydrogens is 286 g/mol. The third kappa shape index (κ3) is 2.39. The third-order valence-corrected chi connectivity index (χ3v) is 4.63. The van der Waals surface area contributed by atoms with E-state index in [1.807, 2.05) is 24.3 Å². The van der Waals surface area contributed by atoms with Crippen molar-refractivity contribution in [2.24, 2.45) is 0 Å². The van der Waals surface area contributed by atoms with Gasteiger partial charge in [0.05, 0.1) is 11.4 Å². The Hall–Kier alpha value is -1.98. The summed E-state index contributed by atoms with van der Waals surface area (Å²) in [5.41, 5.74) is 2.61. The van der Waals surface area contributed by atoms with Gasteiger partial charge in [0, 0.05) is 16.3 Å². The molecule has 2 aromatic carbocycles. The monoisotopic (exact) mass is 301 g/mol. The Balaban J connectivity index is 2.07. The number of aliphatic carboxylic acids is 1. The molecule has 5 heteroatoms. The van der Waals surface area contributed by atoms with Gasteiger partial charge in [0.2, 0.25) is 0 Å². The molecule has 1 aliphatic rings. The molecule has 4 nitrogen and oxygen atoms in total. The fourth-order valence-corrected chi connectivity index (χ4v) is 3.65. The maximum atomic E-state index is 10.9. The number of benzene rings is 2. The van der Waals surface area contributed by atoms with Crippen molar-refractivity contribution in [1.82, 2.24) is 0 Å². The van der Waals surface area contributed by atoms with Gasteiger partial charge in [-0.1, -0.05) is 30.0 Å². The number of aliphatic hydroxyl groups excluding tert-OH is 1. The number of carboxylic acids is 1. The first-order valence-corrected chi connectivity index (χ1v) is 7.52. The normalized spacial score (nSPS) is 14.3. The number of carboxylic acid groups (broad SMARTS) is 1. The molecule has 0 unspecified atom stereocenters. The summed E-state index contributed by atoms with van der Waals surface area (Å²) in [7, 11) is 0. The van der Waals surface area contributed by atoms with E-state index in [0.717, 1.165) is 27.7 Å². The van der Waals surface area contributed by atoms with Crippen LogP contribution in [0.4, 0.5) is 11.4 Å². The zero-order valence-corrected chi connectivity index (χ0v) is 12.3. The first-order chi connectivity index (χ1) is 10.1. The highest BCUT2D eigenvalue weighted by molar-refractivity contribution is 7.99. The molecule has 108 valence electrons. The fraction of sp³-hybridized carbons (Fsp3) is 0.188. The van der Waals surface area contributed by atoms with E-state index < -0.39 is 12.1 Å². The smallest absolute Gasteiger partial charge is 0.337 e. The molecule has 0 radical (unpaired) electrons. The summed E-state index contributed by atoms with van der Waals surface area (Å²) in [4.78, 5) is 15.2. The molecule has 0 aliphatic carbocycles. The topological polar surface area (TPSA) is 60.8 Å². The molecule has 0 bridgehead atoms. The minimum atomic E-state index is -1.48. The summed E-state index contributed by atoms with van der Waals surface area (Å²) in [5, 5.41) is 18.6. The molecule has 1 atom stereocenters. The molecule has 0 aromatic heterocycles. The minimum Gasteiger partial charge on any atom is -0.479 e. The number of nitrogens with zero attached hydrogens (tertiary/aromatic N) is 1. The lowest BCUT2D eigenvalue weighted by molar-refractivity contribution is -0.146. The van der Waals surface area contributed by atoms with Crippen molar-refractivity contribution in [2.45, 2.75) is 22.8 Å². The number of anilines is 2. The van der Waals surface area contributed by atoms with Crippen LogP contribution < -0.4 is 4.90 Å². The van der Waals surface area contributed by atoms with Crippen molar-refractivity contribution < 1.29 is 15.0 Å². The van der Waals surface area contributed by atoms with Crippen molar-refractivity contribution in [3.8, 4) is 0 Å². The second-order valence-electron chi connectivity index (χ2n) is 4.78. The van der Waals surface area contributed by atoms with Gasteiger partial charge in [-0.15, -0.1) is 0 Å². The van der Waals surface area contributed by atoms with Crippen LogP contribution in [0.1, 0.15) is 18.6 Å². The predicted octanol–water partition coefficient (Wildman–Crippen LogP) is 3.43. The van der Waals surface area contributed by atoms with Gasteiger partial charge in [-0.3, -0.25) is 0 Å². The van der Waals surface area contributed by atoms with Gasteiger partial charge in [0.15, 0.2) is 6.10 Å². The molecule has 0 spiro atoms. The molecule has 3 rings (SSSR count). The van der Waals surface area contributed by atoms with E-state index in [1.54, 1.807) is 23.9 Å². The van der Waals surface area contributed by atoms with Crippen molar-refractivity contribution in [3.63, 3.8) is 0 Å². The van der Waals surface area contributed by atoms with E-state index in [1.165, 1.54) is 0 Å². The van der Waals surface area contributed by atoms with Crippen LogP contribution in [0.25, 0.3) is 0 Å². The number of hydrogen-bond acceptors (Lipinski definition) is 4. The highest BCUT2D eigenvalue weighted by Gasteiger charge is 2.24. The van der Waals surface area contributed by atoms with Crippen LogP contribution >= 0.6 is 11.8 Å². The maximum Gasteiger partial charge on any atom is 0.337 e. The molecular formula is C16H15NO3S. The van der Waals surface area contributed by atoms with Crippen molar-refractivity contribution >= 4 is 29.1 Å². The Bertz CT molecular complexity index is 702. The Morgan fingerprint density at radius 3 is 2.62 bits per heavy atom. The number of hydrogen-bond donors (Lipinski definition) is 2. The van der Waals surface area contributed by atoms with E-state index in [9.17, 15) is 9.90 Å². The Morgan fingerprint density at radius 2 is 1.90 bits per heavy atom. The number of carbonyl (C=O) groups is 1. The van der Waals surface area contributed by atoms with Crippen molar-refractivity contribution in [3.05, 3.63) is 48.0 Å². The van der Waals surface area contributed by atoms with Gasteiger partial charge in [-0.25, -0.2) is 4.79 Å². The zero-order valence-electron chi connectivity index (χ0n) is 11.5. The van der Waals surface area contributed by atoms with Crippen LogP contribution in [0, 0.1) is 0 Å². The summed E-state index contributed by atoms with van der Waals surface area (Å²) < 4.78 is 0. The molecule has 2 N–H and O–H groups in total. The quantitative estimate of drug-likeness (QED) is 0.909. The fourth-order valence-electron chi connectivity index (χ4n) is 2.50. The lowest BCUT2D eigenvalue weighted by Gasteiger charge is -2.32. The molecule has 0 saturated carbocycles. The van der Waals surface area contributed by atoms with Gasteiger partial charge < -0.3 is 15.1 Å². The highest BCUT2D eigenvalue weighted by Crippen LogP contribution is 2.48.